The number of rotatable bonds is 4. The first-order valence-corrected chi connectivity index (χ1v) is 5.97. The first-order chi connectivity index (χ1) is 9.60. The average molecular weight is 277 g/mol. The van der Waals surface area contributed by atoms with Gasteiger partial charge in [-0.15, -0.1) is 0 Å². The van der Waals surface area contributed by atoms with Crippen LogP contribution in [0.15, 0.2) is 36.5 Å². The highest BCUT2D eigenvalue weighted by Crippen LogP contribution is 2.10. The first kappa shape index (κ1) is 14.1. The van der Waals surface area contributed by atoms with Gasteiger partial charge in [0.25, 0.3) is 5.91 Å². The number of halogens is 2. The number of benzene rings is 1. The second-order valence-electron chi connectivity index (χ2n) is 4.17. The fourth-order valence-corrected chi connectivity index (χ4v) is 1.64. The van der Waals surface area contributed by atoms with E-state index in [0.717, 1.165) is 12.3 Å². The molecule has 3 N–H and O–H groups in total. The third kappa shape index (κ3) is 3.36. The summed E-state index contributed by atoms with van der Waals surface area (Å²) in [5, 5.41) is 2.52. The SMILES string of the molecule is NCc1ccc(CNC(=O)c2ccc(F)cn2)c(F)c1. The summed E-state index contributed by atoms with van der Waals surface area (Å²) in [6, 6.07) is 6.99. The molecule has 0 saturated carbocycles. The molecule has 0 fully saturated rings. The molecule has 0 aliphatic carbocycles. The smallest absolute Gasteiger partial charge is 0.270 e. The summed E-state index contributed by atoms with van der Waals surface area (Å²) in [7, 11) is 0. The molecule has 20 heavy (non-hydrogen) atoms. The van der Waals surface area contributed by atoms with Gasteiger partial charge in [0.15, 0.2) is 0 Å². The van der Waals surface area contributed by atoms with Crippen LogP contribution in [-0.4, -0.2) is 10.9 Å². The highest BCUT2D eigenvalue weighted by atomic mass is 19.1. The van der Waals surface area contributed by atoms with Crippen molar-refractivity contribution in [2.45, 2.75) is 13.1 Å². The zero-order chi connectivity index (χ0) is 14.5. The topological polar surface area (TPSA) is 68.0 Å². The van der Waals surface area contributed by atoms with Crippen LogP contribution in [0.25, 0.3) is 0 Å². The van der Waals surface area contributed by atoms with E-state index in [9.17, 15) is 13.6 Å². The lowest BCUT2D eigenvalue weighted by atomic mass is 10.1. The molecule has 6 heteroatoms. The maximum Gasteiger partial charge on any atom is 0.270 e. The van der Waals surface area contributed by atoms with Crippen molar-refractivity contribution in [3.05, 3.63) is 65.0 Å². The lowest BCUT2D eigenvalue weighted by Crippen LogP contribution is -2.24. The van der Waals surface area contributed by atoms with Crippen molar-refractivity contribution in [2.24, 2.45) is 5.73 Å². The maximum absolute atomic E-state index is 13.7. The second kappa shape index (κ2) is 6.21. The van der Waals surface area contributed by atoms with Gasteiger partial charge in [0.05, 0.1) is 6.20 Å². The summed E-state index contributed by atoms with van der Waals surface area (Å²) < 4.78 is 26.3. The number of carbonyl (C=O) groups is 1. The van der Waals surface area contributed by atoms with E-state index >= 15 is 0 Å². The summed E-state index contributed by atoms with van der Waals surface area (Å²) in [6.07, 6.45) is 0.950. The average Bonchev–Trinajstić information content (AvgIpc) is 2.46. The third-order valence-electron chi connectivity index (χ3n) is 2.75. The number of hydrogen-bond acceptors (Lipinski definition) is 3. The summed E-state index contributed by atoms with van der Waals surface area (Å²) in [6.45, 7) is 0.275. The van der Waals surface area contributed by atoms with E-state index in [1.54, 1.807) is 12.1 Å². The molecule has 0 radical (unpaired) electrons. The Balaban J connectivity index is 2.01. The molecule has 4 nitrogen and oxygen atoms in total. The van der Waals surface area contributed by atoms with Gasteiger partial charge in [-0.2, -0.15) is 0 Å². The van der Waals surface area contributed by atoms with Gasteiger partial charge >= 0.3 is 0 Å². The summed E-state index contributed by atoms with van der Waals surface area (Å²) >= 11 is 0. The molecule has 2 rings (SSSR count). The summed E-state index contributed by atoms with van der Waals surface area (Å²) in [4.78, 5) is 15.4. The molecular weight excluding hydrogens is 264 g/mol. The molecule has 0 spiro atoms. The monoisotopic (exact) mass is 277 g/mol. The van der Waals surface area contributed by atoms with Gasteiger partial charge < -0.3 is 11.1 Å². The summed E-state index contributed by atoms with van der Waals surface area (Å²) in [5.74, 6) is -1.45. The normalized spacial score (nSPS) is 10.3. The van der Waals surface area contributed by atoms with Crippen LogP contribution in [0.1, 0.15) is 21.6 Å². The van der Waals surface area contributed by atoms with E-state index in [-0.39, 0.29) is 18.8 Å². The molecule has 1 amide bonds. The lowest BCUT2D eigenvalue weighted by molar-refractivity contribution is 0.0945. The standard InChI is InChI=1S/C14H13F2N3O/c15-11-3-4-13(18-8-11)14(20)19-7-10-2-1-9(6-17)5-12(10)16/h1-5,8H,6-7,17H2,(H,19,20). The van der Waals surface area contributed by atoms with E-state index in [1.165, 1.54) is 12.1 Å². The number of amides is 1. The van der Waals surface area contributed by atoms with Gasteiger partial charge in [0.1, 0.15) is 17.3 Å². The van der Waals surface area contributed by atoms with Gasteiger partial charge in [-0.05, 0) is 23.8 Å². The zero-order valence-corrected chi connectivity index (χ0v) is 10.6. The fourth-order valence-electron chi connectivity index (χ4n) is 1.64. The Bertz CT molecular complexity index is 614. The number of aromatic nitrogens is 1. The van der Waals surface area contributed by atoms with Crippen molar-refractivity contribution in [3.63, 3.8) is 0 Å². The first-order valence-electron chi connectivity index (χ1n) is 5.97. The minimum Gasteiger partial charge on any atom is -0.347 e. The van der Waals surface area contributed by atoms with Gasteiger partial charge in [0.2, 0.25) is 0 Å². The Hall–Kier alpha value is -2.34. The van der Waals surface area contributed by atoms with Gasteiger partial charge in [-0.25, -0.2) is 13.8 Å². The number of nitrogens with zero attached hydrogens (tertiary/aromatic N) is 1. The Morgan fingerprint density at radius 1 is 1.25 bits per heavy atom. The number of carbonyl (C=O) groups excluding carboxylic acids is 1. The maximum atomic E-state index is 13.7. The van der Waals surface area contributed by atoms with Gasteiger partial charge in [0, 0.05) is 18.7 Å². The molecule has 0 atom stereocenters. The van der Waals surface area contributed by atoms with Crippen LogP contribution in [0.3, 0.4) is 0 Å². The second-order valence-corrected chi connectivity index (χ2v) is 4.17. The van der Waals surface area contributed by atoms with Crippen molar-refractivity contribution in [3.8, 4) is 0 Å². The molecule has 0 saturated heterocycles. The fraction of sp³-hybridized carbons (Fsp3) is 0.143. The van der Waals surface area contributed by atoms with Crippen LogP contribution in [-0.2, 0) is 13.1 Å². The Kier molecular flexibility index (Phi) is 4.37. The van der Waals surface area contributed by atoms with Crippen LogP contribution in [0, 0.1) is 11.6 Å². The van der Waals surface area contributed by atoms with Crippen molar-refractivity contribution in [2.75, 3.05) is 0 Å². The highest BCUT2D eigenvalue weighted by Gasteiger charge is 2.09. The lowest BCUT2D eigenvalue weighted by Gasteiger charge is -2.07. The Labute approximate surface area is 114 Å². The van der Waals surface area contributed by atoms with Crippen molar-refractivity contribution >= 4 is 5.91 Å². The Morgan fingerprint density at radius 3 is 2.65 bits per heavy atom. The summed E-state index contributed by atoms with van der Waals surface area (Å²) in [5.41, 5.74) is 6.50. The van der Waals surface area contributed by atoms with Crippen LogP contribution >= 0.6 is 0 Å². The molecule has 0 unspecified atom stereocenters. The van der Waals surface area contributed by atoms with Gasteiger partial charge in [-0.3, -0.25) is 4.79 Å². The number of hydrogen-bond donors (Lipinski definition) is 2. The number of nitrogens with two attached hydrogens (primary N) is 1. The number of nitrogens with one attached hydrogen (secondary N) is 1. The molecule has 104 valence electrons. The van der Waals surface area contributed by atoms with E-state index in [1.807, 2.05) is 0 Å². The van der Waals surface area contributed by atoms with E-state index in [2.05, 4.69) is 10.3 Å². The molecule has 0 bridgehead atoms. The van der Waals surface area contributed by atoms with Crippen LogP contribution < -0.4 is 11.1 Å². The quantitative estimate of drug-likeness (QED) is 0.894. The minimum atomic E-state index is -0.523. The zero-order valence-electron chi connectivity index (χ0n) is 10.6. The van der Waals surface area contributed by atoms with Gasteiger partial charge in [-0.1, -0.05) is 12.1 Å². The molecule has 2 aromatic rings. The van der Waals surface area contributed by atoms with Crippen molar-refractivity contribution in [1.82, 2.24) is 10.3 Å². The molecular formula is C14H13F2N3O. The van der Waals surface area contributed by atoms with E-state index in [0.29, 0.717) is 11.1 Å². The third-order valence-corrected chi connectivity index (χ3v) is 2.75. The molecule has 1 aromatic heterocycles. The predicted octanol–water partition coefficient (Wildman–Crippen LogP) is 1.75. The largest absolute Gasteiger partial charge is 0.347 e. The minimum absolute atomic E-state index is 0.0224. The van der Waals surface area contributed by atoms with E-state index < -0.39 is 17.5 Å². The van der Waals surface area contributed by atoms with Crippen molar-refractivity contribution < 1.29 is 13.6 Å². The number of pyridine rings is 1. The van der Waals surface area contributed by atoms with Crippen molar-refractivity contribution in [1.29, 1.82) is 0 Å². The Morgan fingerprint density at radius 2 is 2.05 bits per heavy atom. The highest BCUT2D eigenvalue weighted by molar-refractivity contribution is 5.92. The van der Waals surface area contributed by atoms with Crippen LogP contribution in [0.5, 0.6) is 0 Å². The molecule has 0 aliphatic heterocycles. The molecule has 1 heterocycles. The van der Waals surface area contributed by atoms with Crippen LogP contribution in [0.4, 0.5) is 8.78 Å². The predicted molar refractivity (Wildman–Crippen MR) is 69.7 cm³/mol. The van der Waals surface area contributed by atoms with E-state index in [4.69, 9.17) is 5.73 Å². The van der Waals surface area contributed by atoms with Crippen LogP contribution in [0.2, 0.25) is 0 Å². The molecule has 0 aliphatic rings. The molecule has 1 aromatic carbocycles.